The highest BCUT2D eigenvalue weighted by molar-refractivity contribution is 4.89. The molecule has 0 aromatic heterocycles. The van der Waals surface area contributed by atoms with Gasteiger partial charge in [-0.2, -0.15) is 0 Å². The molecule has 3 fully saturated rings. The van der Waals surface area contributed by atoms with Crippen molar-refractivity contribution in [2.45, 2.75) is 51.5 Å². The SMILES string of the molecule is CCCOCCN1CCN(C[C@@H]2CCCN3CCCC[C@H]23)CC1. The van der Waals surface area contributed by atoms with Gasteiger partial charge in [0.1, 0.15) is 0 Å². The topological polar surface area (TPSA) is 19.0 Å². The highest BCUT2D eigenvalue weighted by Crippen LogP contribution is 2.31. The maximum absolute atomic E-state index is 5.63. The molecule has 0 aliphatic carbocycles. The summed E-state index contributed by atoms with van der Waals surface area (Å²) in [5.74, 6) is 0.934. The summed E-state index contributed by atoms with van der Waals surface area (Å²) in [6.45, 7) is 14.2. The molecule has 2 atom stereocenters. The second kappa shape index (κ2) is 9.36. The molecule has 134 valence electrons. The summed E-state index contributed by atoms with van der Waals surface area (Å²) in [5, 5.41) is 0. The van der Waals surface area contributed by atoms with E-state index in [1.165, 1.54) is 77.9 Å². The quantitative estimate of drug-likeness (QED) is 0.669. The molecule has 0 spiro atoms. The molecule has 0 amide bonds. The molecule has 23 heavy (non-hydrogen) atoms. The highest BCUT2D eigenvalue weighted by atomic mass is 16.5. The predicted molar refractivity (Wildman–Crippen MR) is 95.9 cm³/mol. The van der Waals surface area contributed by atoms with Crippen molar-refractivity contribution in [2.75, 3.05) is 65.6 Å². The maximum Gasteiger partial charge on any atom is 0.0593 e. The Kier molecular flexibility index (Phi) is 7.18. The Bertz CT molecular complexity index is 329. The monoisotopic (exact) mass is 323 g/mol. The van der Waals surface area contributed by atoms with Crippen LogP contribution in [0.25, 0.3) is 0 Å². The summed E-state index contributed by atoms with van der Waals surface area (Å²) in [6.07, 6.45) is 8.38. The molecule has 0 aromatic carbocycles. The van der Waals surface area contributed by atoms with Gasteiger partial charge in [-0.1, -0.05) is 13.3 Å². The van der Waals surface area contributed by atoms with E-state index in [1.54, 1.807) is 0 Å². The fraction of sp³-hybridized carbons (Fsp3) is 1.00. The van der Waals surface area contributed by atoms with E-state index in [2.05, 4.69) is 21.6 Å². The summed E-state index contributed by atoms with van der Waals surface area (Å²) < 4.78 is 5.63. The minimum atomic E-state index is 0.901. The van der Waals surface area contributed by atoms with Crippen molar-refractivity contribution < 1.29 is 4.74 Å². The molecular formula is C19H37N3O. The van der Waals surface area contributed by atoms with Crippen LogP contribution < -0.4 is 0 Å². The van der Waals surface area contributed by atoms with Crippen LogP contribution in [-0.4, -0.2) is 86.3 Å². The fourth-order valence-electron chi connectivity index (χ4n) is 4.76. The lowest BCUT2D eigenvalue weighted by atomic mass is 9.83. The van der Waals surface area contributed by atoms with Gasteiger partial charge < -0.3 is 14.5 Å². The molecule has 4 nitrogen and oxygen atoms in total. The van der Waals surface area contributed by atoms with Crippen LogP contribution in [0.3, 0.4) is 0 Å². The number of nitrogens with zero attached hydrogens (tertiary/aromatic N) is 3. The summed E-state index contributed by atoms with van der Waals surface area (Å²) in [5.41, 5.74) is 0. The van der Waals surface area contributed by atoms with Crippen molar-refractivity contribution >= 4 is 0 Å². The van der Waals surface area contributed by atoms with E-state index in [1.807, 2.05) is 0 Å². The Balaban J connectivity index is 1.36. The zero-order chi connectivity index (χ0) is 15.9. The third-order valence-electron chi connectivity index (χ3n) is 6.09. The van der Waals surface area contributed by atoms with Crippen molar-refractivity contribution in [3.05, 3.63) is 0 Å². The van der Waals surface area contributed by atoms with Crippen molar-refractivity contribution in [3.63, 3.8) is 0 Å². The zero-order valence-corrected chi connectivity index (χ0v) is 15.2. The number of piperazine rings is 1. The van der Waals surface area contributed by atoms with Crippen molar-refractivity contribution in [1.82, 2.24) is 14.7 Å². The molecule has 0 N–H and O–H groups in total. The number of rotatable bonds is 7. The van der Waals surface area contributed by atoms with Gasteiger partial charge in [0.15, 0.2) is 0 Å². The smallest absolute Gasteiger partial charge is 0.0593 e. The standard InChI is InChI=1S/C19H37N3O/c1-2-15-23-16-14-20-10-12-21(13-11-20)17-18-6-5-9-22-8-4-3-7-19(18)22/h18-19H,2-17H2,1H3/t18-,19+/m0/s1. The van der Waals surface area contributed by atoms with Crippen molar-refractivity contribution in [3.8, 4) is 0 Å². The molecule has 3 heterocycles. The summed E-state index contributed by atoms with van der Waals surface area (Å²) in [4.78, 5) is 8.13. The number of hydrogen-bond acceptors (Lipinski definition) is 4. The van der Waals surface area contributed by atoms with E-state index in [9.17, 15) is 0 Å². The van der Waals surface area contributed by atoms with E-state index in [0.29, 0.717) is 0 Å². The number of fused-ring (bicyclic) bond motifs is 1. The van der Waals surface area contributed by atoms with Crippen LogP contribution in [0.15, 0.2) is 0 Å². The number of hydrogen-bond donors (Lipinski definition) is 0. The second-order valence-electron chi connectivity index (χ2n) is 7.76. The van der Waals surface area contributed by atoms with Crippen LogP contribution >= 0.6 is 0 Å². The minimum Gasteiger partial charge on any atom is -0.380 e. The van der Waals surface area contributed by atoms with Crippen LogP contribution in [-0.2, 0) is 4.74 Å². The van der Waals surface area contributed by atoms with E-state index in [4.69, 9.17) is 4.74 Å². The first-order valence-corrected chi connectivity index (χ1v) is 10.1. The normalized spacial score (nSPS) is 31.2. The van der Waals surface area contributed by atoms with E-state index in [-0.39, 0.29) is 0 Å². The van der Waals surface area contributed by atoms with Crippen LogP contribution in [0, 0.1) is 5.92 Å². The maximum atomic E-state index is 5.63. The molecular weight excluding hydrogens is 286 g/mol. The Labute approximate surface area is 143 Å². The zero-order valence-electron chi connectivity index (χ0n) is 15.2. The molecule has 0 bridgehead atoms. The van der Waals surface area contributed by atoms with Gasteiger partial charge in [0.2, 0.25) is 0 Å². The third-order valence-corrected chi connectivity index (χ3v) is 6.09. The lowest BCUT2D eigenvalue weighted by Gasteiger charge is -2.46. The first kappa shape index (κ1) is 17.7. The van der Waals surface area contributed by atoms with Gasteiger partial charge in [-0.05, 0) is 51.1 Å². The summed E-state index contributed by atoms with van der Waals surface area (Å²) >= 11 is 0. The predicted octanol–water partition coefficient (Wildman–Crippen LogP) is 2.30. The molecule has 3 rings (SSSR count). The average Bonchev–Trinajstić information content (AvgIpc) is 2.60. The Morgan fingerprint density at radius 3 is 2.43 bits per heavy atom. The van der Waals surface area contributed by atoms with E-state index < -0.39 is 0 Å². The Hall–Kier alpha value is -0.160. The van der Waals surface area contributed by atoms with Crippen molar-refractivity contribution in [1.29, 1.82) is 0 Å². The van der Waals surface area contributed by atoms with Gasteiger partial charge in [0.05, 0.1) is 6.61 Å². The first-order valence-electron chi connectivity index (χ1n) is 10.1. The molecule has 0 saturated carbocycles. The van der Waals surface area contributed by atoms with Crippen molar-refractivity contribution in [2.24, 2.45) is 5.92 Å². The number of ether oxygens (including phenoxy) is 1. The van der Waals surface area contributed by atoms with Crippen LogP contribution in [0.5, 0.6) is 0 Å². The molecule has 4 heteroatoms. The molecule has 3 aliphatic heterocycles. The van der Waals surface area contributed by atoms with Crippen LogP contribution in [0.1, 0.15) is 45.4 Å². The summed E-state index contributed by atoms with van der Waals surface area (Å²) in [7, 11) is 0. The Morgan fingerprint density at radius 1 is 0.826 bits per heavy atom. The first-order chi connectivity index (χ1) is 11.4. The molecule has 0 radical (unpaired) electrons. The fourth-order valence-corrected chi connectivity index (χ4v) is 4.76. The van der Waals surface area contributed by atoms with Gasteiger partial charge in [0, 0.05) is 51.9 Å². The van der Waals surface area contributed by atoms with E-state index >= 15 is 0 Å². The summed E-state index contributed by atoms with van der Waals surface area (Å²) in [6, 6.07) is 0.901. The lowest BCUT2D eigenvalue weighted by Crippen LogP contribution is -2.54. The second-order valence-corrected chi connectivity index (χ2v) is 7.76. The van der Waals surface area contributed by atoms with Gasteiger partial charge in [0.25, 0.3) is 0 Å². The molecule has 0 aromatic rings. The lowest BCUT2D eigenvalue weighted by molar-refractivity contribution is 0.0247. The average molecular weight is 324 g/mol. The third kappa shape index (κ3) is 5.15. The van der Waals surface area contributed by atoms with Crippen LogP contribution in [0.2, 0.25) is 0 Å². The molecule has 3 saturated heterocycles. The van der Waals surface area contributed by atoms with Crippen LogP contribution in [0.4, 0.5) is 0 Å². The Morgan fingerprint density at radius 2 is 1.61 bits per heavy atom. The van der Waals surface area contributed by atoms with E-state index in [0.717, 1.165) is 38.1 Å². The van der Waals surface area contributed by atoms with Gasteiger partial charge in [-0.25, -0.2) is 0 Å². The largest absolute Gasteiger partial charge is 0.380 e. The van der Waals surface area contributed by atoms with Gasteiger partial charge in [-0.15, -0.1) is 0 Å². The van der Waals surface area contributed by atoms with Gasteiger partial charge in [-0.3, -0.25) is 4.90 Å². The minimum absolute atomic E-state index is 0.901. The molecule has 0 unspecified atom stereocenters. The highest BCUT2D eigenvalue weighted by Gasteiger charge is 2.34. The van der Waals surface area contributed by atoms with Gasteiger partial charge >= 0.3 is 0 Å². The number of piperidine rings is 2. The molecule has 3 aliphatic rings.